The number of guanidine groups is 1. The second kappa shape index (κ2) is 12.7. The van der Waals surface area contributed by atoms with E-state index in [1.165, 1.54) is 5.56 Å². The smallest absolute Gasteiger partial charge is 0.251 e. The Morgan fingerprint density at radius 1 is 1.29 bits per heavy atom. The average Bonchev–Trinajstić information content (AvgIpc) is 3.08. The summed E-state index contributed by atoms with van der Waals surface area (Å²) < 4.78 is 1.87. The normalized spacial score (nSPS) is 12.3. The number of nitrogens with one attached hydrogen (secondary N) is 2. The molecular weight excluding hydrogens is 503 g/mol. The van der Waals surface area contributed by atoms with Crippen molar-refractivity contribution in [2.75, 3.05) is 14.1 Å². The maximum Gasteiger partial charge on any atom is 0.251 e. The first-order valence-corrected chi connectivity index (χ1v) is 10.6. The van der Waals surface area contributed by atoms with Crippen molar-refractivity contribution in [3.63, 3.8) is 0 Å². The minimum absolute atomic E-state index is 0. The minimum Gasteiger partial charge on any atom is -0.352 e. The zero-order valence-corrected chi connectivity index (χ0v) is 22.1. The van der Waals surface area contributed by atoms with Gasteiger partial charge in [0.05, 0.1) is 5.69 Å². The number of carbonyl (C=O) groups excluding carboxylic acids is 1. The van der Waals surface area contributed by atoms with Crippen LogP contribution in [0.25, 0.3) is 0 Å². The van der Waals surface area contributed by atoms with E-state index in [4.69, 9.17) is 0 Å². The molecular formula is C23H37IN6O. The molecule has 1 unspecified atom stereocenters. The Labute approximate surface area is 203 Å². The minimum atomic E-state index is -0.0366. The van der Waals surface area contributed by atoms with Crippen LogP contribution in [0, 0.1) is 0 Å². The first kappa shape index (κ1) is 26.9. The Bertz CT molecular complexity index is 877. The standard InChI is InChI=1S/C23H36N6O.HI/c1-8-17(4)26-22(30)19-11-9-10-18(12-19)13-25-23(24-5)28(6)14-20-15-29(7)27-21(20)16(2)3;/h9-12,15-17H,8,13-14H2,1-7H3,(H,24,25)(H,26,30);1H. The molecule has 1 atom stereocenters. The van der Waals surface area contributed by atoms with E-state index in [0.717, 1.165) is 30.2 Å². The lowest BCUT2D eigenvalue weighted by Crippen LogP contribution is -2.38. The van der Waals surface area contributed by atoms with Crippen LogP contribution in [0.15, 0.2) is 35.5 Å². The van der Waals surface area contributed by atoms with E-state index in [1.54, 1.807) is 7.05 Å². The van der Waals surface area contributed by atoms with Crippen LogP contribution in [0.4, 0.5) is 0 Å². The van der Waals surface area contributed by atoms with Gasteiger partial charge in [-0.15, -0.1) is 24.0 Å². The number of halogens is 1. The lowest BCUT2D eigenvalue weighted by atomic mass is 10.1. The topological polar surface area (TPSA) is 74.6 Å². The maximum atomic E-state index is 12.4. The molecule has 2 N–H and O–H groups in total. The number of aliphatic imine (C=N–C) groups is 1. The Morgan fingerprint density at radius 2 is 2.00 bits per heavy atom. The number of aromatic nitrogens is 2. The monoisotopic (exact) mass is 540 g/mol. The van der Waals surface area contributed by atoms with E-state index in [-0.39, 0.29) is 35.9 Å². The predicted octanol–water partition coefficient (Wildman–Crippen LogP) is 3.90. The molecule has 7 nitrogen and oxygen atoms in total. The summed E-state index contributed by atoms with van der Waals surface area (Å²) in [6, 6.07) is 7.86. The van der Waals surface area contributed by atoms with Gasteiger partial charge in [-0.2, -0.15) is 5.10 Å². The average molecular weight is 540 g/mol. The maximum absolute atomic E-state index is 12.4. The highest BCUT2D eigenvalue weighted by atomic mass is 127. The molecule has 0 saturated carbocycles. The first-order valence-electron chi connectivity index (χ1n) is 10.6. The van der Waals surface area contributed by atoms with Crippen LogP contribution in [-0.4, -0.2) is 46.7 Å². The third-order valence-corrected chi connectivity index (χ3v) is 5.09. The van der Waals surface area contributed by atoms with E-state index in [2.05, 4.69) is 52.6 Å². The van der Waals surface area contributed by atoms with Gasteiger partial charge in [0, 0.05) is 57.6 Å². The molecule has 1 heterocycles. The van der Waals surface area contributed by atoms with Gasteiger partial charge in [0.2, 0.25) is 0 Å². The first-order chi connectivity index (χ1) is 14.2. The lowest BCUT2D eigenvalue weighted by molar-refractivity contribution is 0.0939. The molecule has 1 aromatic heterocycles. The Kier molecular flexibility index (Phi) is 11.0. The van der Waals surface area contributed by atoms with Crippen LogP contribution in [0.3, 0.4) is 0 Å². The van der Waals surface area contributed by atoms with Gasteiger partial charge in [0.1, 0.15) is 0 Å². The van der Waals surface area contributed by atoms with Gasteiger partial charge in [-0.05, 0) is 37.0 Å². The molecule has 1 amide bonds. The van der Waals surface area contributed by atoms with Gasteiger partial charge in [-0.1, -0.05) is 32.9 Å². The van der Waals surface area contributed by atoms with E-state index in [0.29, 0.717) is 18.0 Å². The highest BCUT2D eigenvalue weighted by Gasteiger charge is 2.15. The van der Waals surface area contributed by atoms with Crippen LogP contribution in [-0.2, 0) is 20.1 Å². The van der Waals surface area contributed by atoms with Crippen molar-refractivity contribution in [2.24, 2.45) is 12.0 Å². The fraction of sp³-hybridized carbons (Fsp3) is 0.522. The van der Waals surface area contributed by atoms with Gasteiger partial charge in [-0.25, -0.2) is 0 Å². The molecule has 1 aromatic carbocycles. The molecule has 2 aromatic rings. The molecule has 0 fully saturated rings. The van der Waals surface area contributed by atoms with Gasteiger partial charge in [0.25, 0.3) is 5.91 Å². The number of aryl methyl sites for hydroxylation is 1. The summed E-state index contributed by atoms with van der Waals surface area (Å²) in [6.45, 7) is 9.69. The Morgan fingerprint density at radius 3 is 2.61 bits per heavy atom. The van der Waals surface area contributed by atoms with Crippen LogP contribution < -0.4 is 10.6 Å². The quantitative estimate of drug-likeness (QED) is 0.303. The summed E-state index contributed by atoms with van der Waals surface area (Å²) >= 11 is 0. The van der Waals surface area contributed by atoms with E-state index < -0.39 is 0 Å². The zero-order chi connectivity index (χ0) is 22.3. The third kappa shape index (κ3) is 7.83. The summed E-state index contributed by atoms with van der Waals surface area (Å²) in [6.07, 6.45) is 2.98. The molecule has 0 radical (unpaired) electrons. The second-order valence-corrected chi connectivity index (χ2v) is 8.11. The Balaban J connectivity index is 0.00000480. The summed E-state index contributed by atoms with van der Waals surface area (Å²) in [5, 5.41) is 11.0. The van der Waals surface area contributed by atoms with E-state index >= 15 is 0 Å². The van der Waals surface area contributed by atoms with Crippen molar-refractivity contribution in [1.29, 1.82) is 0 Å². The molecule has 31 heavy (non-hydrogen) atoms. The van der Waals surface area contributed by atoms with Crippen LogP contribution >= 0.6 is 24.0 Å². The summed E-state index contributed by atoms with van der Waals surface area (Å²) in [4.78, 5) is 18.9. The summed E-state index contributed by atoms with van der Waals surface area (Å²) in [5.74, 6) is 1.13. The van der Waals surface area contributed by atoms with Crippen molar-refractivity contribution in [2.45, 2.75) is 59.2 Å². The molecule has 2 rings (SSSR count). The molecule has 0 aliphatic carbocycles. The number of amides is 1. The number of rotatable bonds is 8. The largest absolute Gasteiger partial charge is 0.352 e. The zero-order valence-electron chi connectivity index (χ0n) is 19.8. The number of carbonyl (C=O) groups is 1. The van der Waals surface area contributed by atoms with Gasteiger partial charge < -0.3 is 15.5 Å². The highest BCUT2D eigenvalue weighted by Crippen LogP contribution is 2.18. The van der Waals surface area contributed by atoms with Crippen LogP contribution in [0.2, 0.25) is 0 Å². The van der Waals surface area contributed by atoms with Crippen molar-refractivity contribution in [3.05, 3.63) is 52.8 Å². The van der Waals surface area contributed by atoms with Crippen molar-refractivity contribution in [1.82, 2.24) is 25.3 Å². The van der Waals surface area contributed by atoms with Crippen molar-refractivity contribution >= 4 is 35.8 Å². The number of nitrogens with zero attached hydrogens (tertiary/aromatic N) is 4. The molecule has 0 bridgehead atoms. The van der Waals surface area contributed by atoms with Gasteiger partial charge >= 0.3 is 0 Å². The van der Waals surface area contributed by atoms with Crippen LogP contribution in [0.1, 0.15) is 67.2 Å². The van der Waals surface area contributed by atoms with Crippen molar-refractivity contribution in [3.8, 4) is 0 Å². The molecule has 0 saturated heterocycles. The second-order valence-electron chi connectivity index (χ2n) is 8.11. The third-order valence-electron chi connectivity index (χ3n) is 5.09. The van der Waals surface area contributed by atoms with E-state index in [9.17, 15) is 4.79 Å². The summed E-state index contributed by atoms with van der Waals surface area (Å²) in [5.41, 5.74) is 4.02. The van der Waals surface area contributed by atoms with Gasteiger partial charge in [0.15, 0.2) is 5.96 Å². The fourth-order valence-corrected chi connectivity index (χ4v) is 3.29. The summed E-state index contributed by atoms with van der Waals surface area (Å²) in [7, 11) is 5.75. The number of benzene rings is 1. The van der Waals surface area contributed by atoms with E-state index in [1.807, 2.05) is 50.0 Å². The highest BCUT2D eigenvalue weighted by molar-refractivity contribution is 14.0. The van der Waals surface area contributed by atoms with Crippen molar-refractivity contribution < 1.29 is 4.79 Å². The molecule has 0 aliphatic heterocycles. The molecule has 0 aliphatic rings. The molecule has 172 valence electrons. The van der Waals surface area contributed by atoms with Gasteiger partial charge in [-0.3, -0.25) is 14.5 Å². The molecule has 8 heteroatoms. The lowest BCUT2D eigenvalue weighted by Gasteiger charge is -2.22. The Hall–Kier alpha value is -2.10. The van der Waals surface area contributed by atoms with Crippen LogP contribution in [0.5, 0.6) is 0 Å². The molecule has 0 spiro atoms. The number of hydrogen-bond donors (Lipinski definition) is 2. The number of hydrogen-bond acceptors (Lipinski definition) is 3. The predicted molar refractivity (Wildman–Crippen MR) is 138 cm³/mol. The fourth-order valence-electron chi connectivity index (χ4n) is 3.29. The SMILES string of the molecule is CCC(C)NC(=O)c1cccc(CNC(=NC)N(C)Cc2cn(C)nc2C(C)C)c1.I.